The smallest absolute Gasteiger partial charge is 0.329 e. The van der Waals surface area contributed by atoms with E-state index in [2.05, 4.69) is 10.6 Å². The van der Waals surface area contributed by atoms with E-state index in [-0.39, 0.29) is 5.91 Å². The summed E-state index contributed by atoms with van der Waals surface area (Å²) in [5.74, 6) is -0.683. The van der Waals surface area contributed by atoms with E-state index in [0.29, 0.717) is 6.54 Å². The van der Waals surface area contributed by atoms with Gasteiger partial charge >= 0.3 is 5.97 Å². The number of amides is 2. The van der Waals surface area contributed by atoms with Crippen LogP contribution in [0, 0.1) is 0 Å². The first-order valence-electron chi connectivity index (χ1n) is 7.21. The molecule has 23 heavy (non-hydrogen) atoms. The molecule has 0 aliphatic carbocycles. The Hall–Kier alpha value is -2.57. The van der Waals surface area contributed by atoms with Gasteiger partial charge in [-0.3, -0.25) is 9.59 Å². The third-order valence-corrected chi connectivity index (χ3v) is 3.06. The lowest BCUT2D eigenvalue weighted by molar-refractivity contribution is -0.157. The van der Waals surface area contributed by atoms with E-state index in [4.69, 9.17) is 9.47 Å². The van der Waals surface area contributed by atoms with Crippen molar-refractivity contribution in [2.24, 2.45) is 0 Å². The van der Waals surface area contributed by atoms with Crippen LogP contribution in [0.4, 0.5) is 0 Å². The molecule has 2 unspecified atom stereocenters. The number of hydrogen-bond acceptors (Lipinski definition) is 5. The molecule has 1 rings (SSSR count). The van der Waals surface area contributed by atoms with Crippen LogP contribution in [0.5, 0.6) is 5.75 Å². The molecule has 0 aliphatic heterocycles. The normalized spacial score (nSPS) is 12.7. The maximum absolute atomic E-state index is 11.9. The predicted octanol–water partition coefficient (Wildman–Crippen LogP) is 0.768. The number of carbonyl (C=O) groups excluding carboxylic acids is 3. The zero-order valence-electron chi connectivity index (χ0n) is 13.7. The molecule has 0 saturated heterocycles. The zero-order valence-corrected chi connectivity index (χ0v) is 13.7. The zero-order chi connectivity index (χ0) is 17.4. The van der Waals surface area contributed by atoms with Gasteiger partial charge in [0.15, 0.2) is 6.10 Å². The van der Waals surface area contributed by atoms with Crippen LogP contribution >= 0.6 is 0 Å². The van der Waals surface area contributed by atoms with Gasteiger partial charge in [0.25, 0.3) is 5.91 Å². The lowest BCUT2D eigenvalue weighted by Crippen LogP contribution is -2.42. The summed E-state index contributed by atoms with van der Waals surface area (Å²) in [6, 6.07) is 6.44. The summed E-state index contributed by atoms with van der Waals surface area (Å²) >= 11 is 0. The Bertz CT molecular complexity index is 556. The number of ether oxygens (including phenoxy) is 2. The molecule has 2 atom stereocenters. The van der Waals surface area contributed by atoms with Crippen molar-refractivity contribution in [2.45, 2.75) is 39.5 Å². The van der Waals surface area contributed by atoms with Crippen LogP contribution in [0.1, 0.15) is 26.3 Å². The van der Waals surface area contributed by atoms with Crippen molar-refractivity contribution in [3.8, 4) is 5.75 Å². The van der Waals surface area contributed by atoms with Crippen LogP contribution in [0.15, 0.2) is 24.3 Å². The van der Waals surface area contributed by atoms with Gasteiger partial charge in [0, 0.05) is 13.5 Å². The Balaban J connectivity index is 2.43. The van der Waals surface area contributed by atoms with Crippen LogP contribution < -0.4 is 15.4 Å². The molecule has 2 N–H and O–H groups in total. The molecule has 0 aliphatic rings. The van der Waals surface area contributed by atoms with E-state index < -0.39 is 24.0 Å². The number of rotatable bonds is 7. The average molecular weight is 322 g/mol. The molecule has 0 saturated carbocycles. The van der Waals surface area contributed by atoms with Crippen LogP contribution in [-0.4, -0.2) is 37.0 Å². The van der Waals surface area contributed by atoms with Gasteiger partial charge in [-0.1, -0.05) is 12.1 Å². The van der Waals surface area contributed by atoms with Crippen LogP contribution in [0.3, 0.4) is 0 Å². The monoisotopic (exact) mass is 322 g/mol. The summed E-state index contributed by atoms with van der Waals surface area (Å²) in [5.41, 5.74) is 0.893. The summed E-state index contributed by atoms with van der Waals surface area (Å²) in [6.07, 6.45) is -0.947. The highest BCUT2D eigenvalue weighted by molar-refractivity contribution is 5.86. The minimum Gasteiger partial charge on any atom is -0.497 e. The predicted molar refractivity (Wildman–Crippen MR) is 83.7 cm³/mol. The molecule has 2 amide bonds. The molecular formula is C16H22N2O5. The number of esters is 1. The molecule has 1 aromatic carbocycles. The molecule has 0 fully saturated rings. The highest BCUT2D eigenvalue weighted by Crippen LogP contribution is 2.11. The summed E-state index contributed by atoms with van der Waals surface area (Å²) in [5, 5.41) is 5.08. The number of nitrogens with one attached hydrogen (secondary N) is 2. The van der Waals surface area contributed by atoms with Gasteiger partial charge in [-0.2, -0.15) is 0 Å². The van der Waals surface area contributed by atoms with Crippen molar-refractivity contribution < 1.29 is 23.9 Å². The van der Waals surface area contributed by atoms with Crippen LogP contribution in [-0.2, 0) is 25.7 Å². The second-order valence-corrected chi connectivity index (χ2v) is 5.07. The van der Waals surface area contributed by atoms with Crippen molar-refractivity contribution >= 4 is 17.8 Å². The van der Waals surface area contributed by atoms with E-state index in [9.17, 15) is 14.4 Å². The maximum Gasteiger partial charge on any atom is 0.329 e. The number of methoxy groups -OCH3 is 1. The lowest BCUT2D eigenvalue weighted by Gasteiger charge is -2.17. The van der Waals surface area contributed by atoms with Gasteiger partial charge in [-0.25, -0.2) is 4.79 Å². The molecule has 126 valence electrons. The van der Waals surface area contributed by atoms with Crippen molar-refractivity contribution in [1.82, 2.24) is 10.6 Å². The fraction of sp³-hybridized carbons (Fsp3) is 0.438. The van der Waals surface area contributed by atoms with Crippen molar-refractivity contribution in [2.75, 3.05) is 7.11 Å². The van der Waals surface area contributed by atoms with Gasteiger partial charge in [0.1, 0.15) is 11.8 Å². The minimum atomic E-state index is -0.947. The Morgan fingerprint density at radius 3 is 2.26 bits per heavy atom. The van der Waals surface area contributed by atoms with Crippen LogP contribution in [0.25, 0.3) is 0 Å². The van der Waals surface area contributed by atoms with E-state index in [1.165, 1.54) is 20.8 Å². The molecule has 0 bridgehead atoms. The number of hydrogen-bond donors (Lipinski definition) is 2. The number of carbonyl (C=O) groups is 3. The molecule has 1 aromatic rings. The Kier molecular flexibility index (Phi) is 7.05. The largest absolute Gasteiger partial charge is 0.497 e. The minimum absolute atomic E-state index is 0.311. The Labute approximate surface area is 135 Å². The van der Waals surface area contributed by atoms with E-state index in [0.717, 1.165) is 11.3 Å². The quantitative estimate of drug-likeness (QED) is 0.723. The van der Waals surface area contributed by atoms with E-state index in [1.54, 1.807) is 19.2 Å². The third-order valence-electron chi connectivity index (χ3n) is 3.06. The van der Waals surface area contributed by atoms with Crippen molar-refractivity contribution in [3.63, 3.8) is 0 Å². The standard InChI is InChI=1S/C16H22N2O5/c1-10(18-12(3)19)16(21)23-11(2)15(20)17-9-13-5-7-14(22-4)8-6-13/h5-8,10-11H,9H2,1-4H3,(H,17,20)(H,18,19). The van der Waals surface area contributed by atoms with Gasteiger partial charge in [0.05, 0.1) is 7.11 Å². The molecular weight excluding hydrogens is 300 g/mol. The summed E-state index contributed by atoms with van der Waals surface area (Å²) < 4.78 is 10.1. The first-order valence-corrected chi connectivity index (χ1v) is 7.21. The molecule has 0 spiro atoms. The summed E-state index contributed by atoms with van der Waals surface area (Å²) in [4.78, 5) is 34.5. The molecule has 7 nitrogen and oxygen atoms in total. The third kappa shape index (κ3) is 6.37. The van der Waals surface area contributed by atoms with E-state index >= 15 is 0 Å². The number of benzene rings is 1. The SMILES string of the molecule is COc1ccc(CNC(=O)C(C)OC(=O)C(C)NC(C)=O)cc1. The van der Waals surface area contributed by atoms with E-state index in [1.807, 2.05) is 12.1 Å². The molecule has 0 radical (unpaired) electrons. The summed E-state index contributed by atoms with van der Waals surface area (Å²) in [7, 11) is 1.58. The Morgan fingerprint density at radius 2 is 1.74 bits per heavy atom. The van der Waals surface area contributed by atoms with Crippen LogP contribution in [0.2, 0.25) is 0 Å². The fourth-order valence-corrected chi connectivity index (χ4v) is 1.77. The summed E-state index contributed by atoms with van der Waals surface area (Å²) in [6.45, 7) is 4.58. The molecule has 0 heterocycles. The first kappa shape index (κ1) is 18.5. The van der Waals surface area contributed by atoms with Gasteiger partial charge in [0.2, 0.25) is 5.91 Å². The average Bonchev–Trinajstić information content (AvgIpc) is 2.52. The Morgan fingerprint density at radius 1 is 1.13 bits per heavy atom. The second kappa shape index (κ2) is 8.77. The highest BCUT2D eigenvalue weighted by Gasteiger charge is 2.22. The van der Waals surface area contributed by atoms with Gasteiger partial charge in [-0.15, -0.1) is 0 Å². The lowest BCUT2D eigenvalue weighted by atomic mass is 10.2. The fourth-order valence-electron chi connectivity index (χ4n) is 1.77. The molecule has 0 aromatic heterocycles. The topological polar surface area (TPSA) is 93.7 Å². The van der Waals surface area contributed by atoms with Crippen molar-refractivity contribution in [3.05, 3.63) is 29.8 Å². The van der Waals surface area contributed by atoms with Gasteiger partial charge < -0.3 is 20.1 Å². The van der Waals surface area contributed by atoms with Crippen molar-refractivity contribution in [1.29, 1.82) is 0 Å². The molecule has 7 heteroatoms. The van der Waals surface area contributed by atoms with Gasteiger partial charge in [-0.05, 0) is 31.5 Å². The second-order valence-electron chi connectivity index (χ2n) is 5.07. The highest BCUT2D eigenvalue weighted by atomic mass is 16.5. The maximum atomic E-state index is 11.9. The first-order chi connectivity index (χ1) is 10.8.